The predicted molar refractivity (Wildman–Crippen MR) is 60.0 cm³/mol. The van der Waals surface area contributed by atoms with Gasteiger partial charge in [-0.25, -0.2) is 13.6 Å². The number of aliphatic carboxylic acids is 1. The van der Waals surface area contributed by atoms with Crippen LogP contribution in [0.5, 0.6) is 0 Å². The van der Waals surface area contributed by atoms with Gasteiger partial charge in [-0.05, 0) is 12.1 Å². The number of benzene rings is 1. The fraction of sp³-hybridized carbons (Fsp3) is 0.200. The zero-order chi connectivity index (χ0) is 13.9. The summed E-state index contributed by atoms with van der Waals surface area (Å²) in [5.74, 6) is -5.04. The largest absolute Gasteiger partial charge is 0.480 e. The van der Waals surface area contributed by atoms with E-state index in [9.17, 15) is 18.4 Å². The van der Waals surface area contributed by atoms with Crippen LogP contribution in [0.25, 0.3) is 0 Å². The number of hydrogen-bond donors (Lipinski definition) is 3. The first kappa shape index (κ1) is 14.5. The summed E-state index contributed by atoms with van der Waals surface area (Å²) in [4.78, 5) is 22.0. The lowest BCUT2D eigenvalue weighted by atomic mass is 10.1. The molecule has 1 rings (SSSR count). The molecule has 1 amide bonds. The predicted octanol–water partition coefficient (Wildman–Crippen LogP) is 0.903. The smallest absolute Gasteiger partial charge is 0.328 e. The summed E-state index contributed by atoms with van der Waals surface area (Å²) >= 11 is 2.84. The Kier molecular flexibility index (Phi) is 4.74. The van der Waals surface area contributed by atoms with Gasteiger partial charge in [0.15, 0.2) is 6.04 Å². The Morgan fingerprint density at radius 3 is 2.22 bits per heavy atom. The second kappa shape index (κ2) is 5.87. The SMILES string of the molecule is O=C(N[C@H](CO)C(=O)O)c1c(F)cc(Br)cc1F. The first-order valence-corrected chi connectivity index (χ1v) is 5.45. The van der Waals surface area contributed by atoms with Gasteiger partial charge in [0.1, 0.15) is 17.2 Å². The number of halogens is 3. The third-order valence-corrected chi connectivity index (χ3v) is 2.48. The van der Waals surface area contributed by atoms with Crippen LogP contribution in [0.15, 0.2) is 16.6 Å². The van der Waals surface area contributed by atoms with E-state index in [0.717, 1.165) is 12.1 Å². The minimum Gasteiger partial charge on any atom is -0.480 e. The maximum absolute atomic E-state index is 13.4. The highest BCUT2D eigenvalue weighted by Crippen LogP contribution is 2.19. The number of carbonyl (C=O) groups is 2. The number of aliphatic hydroxyl groups excluding tert-OH is 1. The lowest BCUT2D eigenvalue weighted by Gasteiger charge is -2.12. The van der Waals surface area contributed by atoms with Gasteiger partial charge in [-0.1, -0.05) is 15.9 Å². The van der Waals surface area contributed by atoms with Gasteiger partial charge in [0.25, 0.3) is 5.91 Å². The quantitative estimate of drug-likeness (QED) is 0.768. The van der Waals surface area contributed by atoms with Crippen molar-refractivity contribution in [1.82, 2.24) is 5.32 Å². The fourth-order valence-electron chi connectivity index (χ4n) is 1.18. The normalized spacial score (nSPS) is 12.0. The van der Waals surface area contributed by atoms with Crippen LogP contribution in [0, 0.1) is 11.6 Å². The zero-order valence-electron chi connectivity index (χ0n) is 8.78. The van der Waals surface area contributed by atoms with E-state index in [1.54, 1.807) is 5.32 Å². The van der Waals surface area contributed by atoms with Crippen molar-refractivity contribution in [3.63, 3.8) is 0 Å². The molecule has 0 saturated heterocycles. The van der Waals surface area contributed by atoms with Crippen molar-refractivity contribution in [3.05, 3.63) is 33.8 Å². The maximum atomic E-state index is 13.4. The molecule has 0 bridgehead atoms. The molecule has 0 aliphatic heterocycles. The molecule has 0 unspecified atom stereocenters. The molecule has 1 aromatic rings. The summed E-state index contributed by atoms with van der Waals surface area (Å²) in [6.07, 6.45) is 0. The molecule has 0 fully saturated rings. The van der Waals surface area contributed by atoms with Crippen LogP contribution in [-0.2, 0) is 4.79 Å². The third-order valence-electron chi connectivity index (χ3n) is 2.02. The van der Waals surface area contributed by atoms with Gasteiger partial charge in [0.2, 0.25) is 0 Å². The number of carboxylic acids is 1. The Bertz CT molecular complexity index is 472. The molecule has 1 atom stereocenters. The van der Waals surface area contributed by atoms with Crippen molar-refractivity contribution in [1.29, 1.82) is 0 Å². The van der Waals surface area contributed by atoms with Crippen LogP contribution >= 0.6 is 15.9 Å². The lowest BCUT2D eigenvalue weighted by Crippen LogP contribution is -2.43. The van der Waals surface area contributed by atoms with E-state index in [0.29, 0.717) is 0 Å². The standard InChI is InChI=1S/C10H8BrF2NO4/c11-4-1-5(12)8(6(13)2-4)9(16)14-7(3-15)10(17)18/h1-2,7,15H,3H2,(H,14,16)(H,17,18)/t7-/m1/s1. The van der Waals surface area contributed by atoms with Crippen molar-refractivity contribution in [2.45, 2.75) is 6.04 Å². The lowest BCUT2D eigenvalue weighted by molar-refractivity contribution is -0.140. The van der Waals surface area contributed by atoms with E-state index in [1.807, 2.05) is 0 Å². The number of amides is 1. The topological polar surface area (TPSA) is 86.6 Å². The highest BCUT2D eigenvalue weighted by Gasteiger charge is 2.24. The number of carboxylic acid groups (broad SMARTS) is 1. The van der Waals surface area contributed by atoms with Crippen LogP contribution in [-0.4, -0.2) is 34.7 Å². The maximum Gasteiger partial charge on any atom is 0.328 e. The van der Waals surface area contributed by atoms with Gasteiger partial charge in [0, 0.05) is 4.47 Å². The molecule has 8 heteroatoms. The number of rotatable bonds is 4. The first-order valence-electron chi connectivity index (χ1n) is 4.66. The molecule has 0 aliphatic rings. The molecule has 5 nitrogen and oxygen atoms in total. The minimum absolute atomic E-state index is 0.103. The summed E-state index contributed by atoms with van der Waals surface area (Å²) in [7, 11) is 0. The molecule has 0 aliphatic carbocycles. The summed E-state index contributed by atoms with van der Waals surface area (Å²) in [6.45, 7) is -0.888. The van der Waals surface area contributed by atoms with Crippen molar-refractivity contribution >= 4 is 27.8 Å². The van der Waals surface area contributed by atoms with E-state index < -0.39 is 41.7 Å². The number of hydrogen-bond acceptors (Lipinski definition) is 3. The molecular formula is C10H8BrF2NO4. The van der Waals surface area contributed by atoms with Gasteiger partial charge < -0.3 is 15.5 Å². The van der Waals surface area contributed by atoms with Crippen LogP contribution in [0.1, 0.15) is 10.4 Å². The van der Waals surface area contributed by atoms with Crippen LogP contribution in [0.2, 0.25) is 0 Å². The number of aliphatic hydroxyl groups is 1. The van der Waals surface area contributed by atoms with E-state index in [-0.39, 0.29) is 4.47 Å². The highest BCUT2D eigenvalue weighted by atomic mass is 79.9. The molecule has 18 heavy (non-hydrogen) atoms. The van der Waals surface area contributed by atoms with E-state index in [4.69, 9.17) is 10.2 Å². The van der Waals surface area contributed by atoms with Crippen LogP contribution < -0.4 is 5.32 Å². The number of carbonyl (C=O) groups excluding carboxylic acids is 1. The molecule has 3 N–H and O–H groups in total. The second-order valence-electron chi connectivity index (χ2n) is 3.29. The fourth-order valence-corrected chi connectivity index (χ4v) is 1.58. The average Bonchev–Trinajstić information content (AvgIpc) is 2.23. The molecule has 0 aromatic heterocycles. The molecule has 0 spiro atoms. The molecule has 0 saturated carbocycles. The van der Waals surface area contributed by atoms with Gasteiger partial charge in [-0.3, -0.25) is 4.79 Å². The van der Waals surface area contributed by atoms with E-state index >= 15 is 0 Å². The minimum atomic E-state index is -1.63. The molecular weight excluding hydrogens is 316 g/mol. The third kappa shape index (κ3) is 3.23. The Balaban J connectivity index is 3.01. The molecule has 0 radical (unpaired) electrons. The monoisotopic (exact) mass is 323 g/mol. The zero-order valence-corrected chi connectivity index (χ0v) is 10.4. The highest BCUT2D eigenvalue weighted by molar-refractivity contribution is 9.10. The van der Waals surface area contributed by atoms with Gasteiger partial charge in [0.05, 0.1) is 6.61 Å². The Morgan fingerprint density at radius 2 is 1.83 bits per heavy atom. The summed E-state index contributed by atoms with van der Waals surface area (Å²) in [5, 5.41) is 19.1. The first-order chi connectivity index (χ1) is 8.36. The van der Waals surface area contributed by atoms with Crippen molar-refractivity contribution in [2.75, 3.05) is 6.61 Å². The van der Waals surface area contributed by atoms with Crippen LogP contribution in [0.4, 0.5) is 8.78 Å². The summed E-state index contributed by atoms with van der Waals surface area (Å²) < 4.78 is 26.9. The molecule has 1 aromatic carbocycles. The summed E-state index contributed by atoms with van der Waals surface area (Å²) in [6, 6.07) is 0.110. The Labute approximate surface area is 109 Å². The second-order valence-corrected chi connectivity index (χ2v) is 4.21. The molecule has 0 heterocycles. The van der Waals surface area contributed by atoms with Crippen molar-refractivity contribution in [3.8, 4) is 0 Å². The van der Waals surface area contributed by atoms with Crippen molar-refractivity contribution in [2.24, 2.45) is 0 Å². The summed E-state index contributed by atoms with van der Waals surface area (Å²) in [5.41, 5.74) is -0.905. The average molecular weight is 324 g/mol. The van der Waals surface area contributed by atoms with Crippen LogP contribution in [0.3, 0.4) is 0 Å². The van der Waals surface area contributed by atoms with Gasteiger partial charge >= 0.3 is 5.97 Å². The number of nitrogens with one attached hydrogen (secondary N) is 1. The van der Waals surface area contributed by atoms with Crippen molar-refractivity contribution < 1.29 is 28.6 Å². The Hall–Kier alpha value is -1.54. The van der Waals surface area contributed by atoms with Gasteiger partial charge in [-0.2, -0.15) is 0 Å². The van der Waals surface area contributed by atoms with Gasteiger partial charge in [-0.15, -0.1) is 0 Å². The van der Waals surface area contributed by atoms with E-state index in [1.165, 1.54) is 0 Å². The molecule has 98 valence electrons. The van der Waals surface area contributed by atoms with E-state index in [2.05, 4.69) is 15.9 Å². The Morgan fingerprint density at radius 1 is 1.33 bits per heavy atom.